The Bertz CT molecular complexity index is 973. The number of halogens is 1. The molecule has 0 spiro atoms. The molecular weight excluding hydrogens is 442 g/mol. The Balaban J connectivity index is 1.33. The largest absolute Gasteiger partial charge is 0.449 e. The van der Waals surface area contributed by atoms with E-state index in [9.17, 15) is 9.90 Å². The highest BCUT2D eigenvalue weighted by molar-refractivity contribution is 9.10. The van der Waals surface area contributed by atoms with Crippen molar-refractivity contribution in [3.63, 3.8) is 0 Å². The number of hydrogen-bond acceptors (Lipinski definition) is 3. The summed E-state index contributed by atoms with van der Waals surface area (Å²) in [4.78, 5) is 12.3. The summed E-state index contributed by atoms with van der Waals surface area (Å²) in [6.07, 6.45) is 0.235. The molecule has 0 saturated carbocycles. The molecule has 1 atom stereocenters. The van der Waals surface area contributed by atoms with Crippen molar-refractivity contribution in [3.05, 3.63) is 94.0 Å². The van der Waals surface area contributed by atoms with Crippen LogP contribution in [-0.4, -0.2) is 31.0 Å². The van der Waals surface area contributed by atoms with Crippen LogP contribution < -0.4 is 5.32 Å². The summed E-state index contributed by atoms with van der Waals surface area (Å²) >= 11 is 3.42. The van der Waals surface area contributed by atoms with E-state index >= 15 is 0 Å². The molecule has 3 aromatic carbocycles. The first-order valence-corrected chi connectivity index (χ1v) is 10.9. The van der Waals surface area contributed by atoms with Gasteiger partial charge in [-0.3, -0.25) is 0 Å². The van der Waals surface area contributed by atoms with Gasteiger partial charge in [0.2, 0.25) is 0 Å². The summed E-state index contributed by atoms with van der Waals surface area (Å²) in [7, 11) is 0. The summed E-state index contributed by atoms with van der Waals surface area (Å²) < 4.78 is 6.58. The van der Waals surface area contributed by atoms with Crippen LogP contribution in [0.25, 0.3) is 11.1 Å². The number of hydrogen-bond donors (Lipinski definition) is 2. The van der Waals surface area contributed by atoms with Gasteiger partial charge < -0.3 is 15.2 Å². The zero-order valence-electron chi connectivity index (χ0n) is 16.6. The van der Waals surface area contributed by atoms with Crippen LogP contribution in [0.4, 0.5) is 4.79 Å². The van der Waals surface area contributed by atoms with Gasteiger partial charge in [0.1, 0.15) is 6.61 Å². The van der Waals surface area contributed by atoms with E-state index in [1.54, 1.807) is 0 Å². The number of rotatable bonds is 7. The molecule has 5 heteroatoms. The smallest absolute Gasteiger partial charge is 0.407 e. The lowest BCUT2D eigenvalue weighted by Gasteiger charge is -2.17. The number of aliphatic hydroxyl groups is 1. The van der Waals surface area contributed by atoms with E-state index in [0.29, 0.717) is 13.0 Å². The summed E-state index contributed by atoms with van der Waals surface area (Å²) in [5.41, 5.74) is 5.91. The Hall–Kier alpha value is -2.63. The van der Waals surface area contributed by atoms with Crippen LogP contribution in [-0.2, 0) is 11.2 Å². The first-order chi connectivity index (χ1) is 14.7. The predicted octanol–water partition coefficient (Wildman–Crippen LogP) is 5.14. The van der Waals surface area contributed by atoms with Gasteiger partial charge >= 0.3 is 6.09 Å². The molecule has 30 heavy (non-hydrogen) atoms. The van der Waals surface area contributed by atoms with Crippen LogP contribution >= 0.6 is 15.9 Å². The fourth-order valence-corrected chi connectivity index (χ4v) is 4.30. The number of ether oxygens (including phenoxy) is 1. The lowest BCUT2D eigenvalue weighted by Crippen LogP contribution is -2.33. The highest BCUT2D eigenvalue weighted by Gasteiger charge is 2.29. The van der Waals surface area contributed by atoms with E-state index in [0.717, 1.165) is 10.0 Å². The van der Waals surface area contributed by atoms with Gasteiger partial charge in [0.05, 0.1) is 0 Å². The lowest BCUT2D eigenvalue weighted by molar-refractivity contribution is 0.138. The van der Waals surface area contributed by atoms with Crippen LogP contribution in [0.5, 0.6) is 0 Å². The fourth-order valence-electron chi connectivity index (χ4n) is 4.03. The molecule has 1 unspecified atom stereocenters. The van der Waals surface area contributed by atoms with Gasteiger partial charge in [-0.1, -0.05) is 76.6 Å². The zero-order valence-corrected chi connectivity index (χ0v) is 18.1. The second-order valence-corrected chi connectivity index (χ2v) is 8.50. The van der Waals surface area contributed by atoms with E-state index < -0.39 is 6.09 Å². The van der Waals surface area contributed by atoms with Crippen LogP contribution in [0.15, 0.2) is 77.3 Å². The second kappa shape index (κ2) is 9.45. The summed E-state index contributed by atoms with van der Waals surface area (Å²) in [5.74, 6) is -0.0220. The maximum atomic E-state index is 12.3. The number of carbonyl (C=O) groups is 1. The van der Waals surface area contributed by atoms with Crippen molar-refractivity contribution in [2.24, 2.45) is 5.92 Å². The Morgan fingerprint density at radius 2 is 1.57 bits per heavy atom. The molecule has 0 fully saturated rings. The van der Waals surface area contributed by atoms with Crippen molar-refractivity contribution in [2.75, 3.05) is 19.8 Å². The third-order valence-electron chi connectivity index (χ3n) is 5.57. The number of nitrogens with one attached hydrogen (secondary N) is 1. The number of carbonyl (C=O) groups excluding carboxylic acids is 1. The molecule has 4 nitrogen and oxygen atoms in total. The fraction of sp³-hybridized carbons (Fsp3) is 0.240. The minimum absolute atomic E-state index is 0.000278. The molecule has 0 radical (unpaired) electrons. The number of fused-ring (bicyclic) bond motifs is 3. The van der Waals surface area contributed by atoms with Crippen molar-refractivity contribution in [1.82, 2.24) is 5.32 Å². The number of amides is 1. The van der Waals surface area contributed by atoms with E-state index in [-0.39, 0.29) is 25.0 Å². The van der Waals surface area contributed by atoms with Crippen molar-refractivity contribution in [1.29, 1.82) is 0 Å². The Morgan fingerprint density at radius 3 is 2.17 bits per heavy atom. The van der Waals surface area contributed by atoms with Gasteiger partial charge in [0.25, 0.3) is 0 Å². The third kappa shape index (κ3) is 4.58. The number of benzene rings is 3. The minimum atomic E-state index is -0.453. The molecule has 154 valence electrons. The van der Waals surface area contributed by atoms with Crippen molar-refractivity contribution >= 4 is 22.0 Å². The average molecular weight is 466 g/mol. The molecule has 0 aliphatic heterocycles. The van der Waals surface area contributed by atoms with Crippen LogP contribution in [0.3, 0.4) is 0 Å². The molecule has 2 N–H and O–H groups in total. The summed E-state index contributed by atoms with van der Waals surface area (Å²) in [5, 5.41) is 12.5. The van der Waals surface area contributed by atoms with Crippen molar-refractivity contribution in [3.8, 4) is 11.1 Å². The maximum absolute atomic E-state index is 12.3. The topological polar surface area (TPSA) is 58.6 Å². The highest BCUT2D eigenvalue weighted by Crippen LogP contribution is 2.44. The Morgan fingerprint density at radius 1 is 0.967 bits per heavy atom. The van der Waals surface area contributed by atoms with Crippen LogP contribution in [0.1, 0.15) is 22.6 Å². The molecule has 0 heterocycles. The van der Waals surface area contributed by atoms with E-state index in [4.69, 9.17) is 4.74 Å². The summed E-state index contributed by atoms with van der Waals surface area (Å²) in [6.45, 7) is 0.652. The molecule has 0 aromatic heterocycles. The molecule has 3 aromatic rings. The zero-order chi connectivity index (χ0) is 20.9. The SMILES string of the molecule is O=C(NCC(CO)Cc1ccc(Br)cc1)OCC1c2ccccc2-c2ccccc21. The van der Waals surface area contributed by atoms with Crippen LogP contribution in [0, 0.1) is 5.92 Å². The monoisotopic (exact) mass is 465 g/mol. The molecule has 4 rings (SSSR count). The van der Waals surface area contributed by atoms with Gasteiger partial charge in [-0.2, -0.15) is 0 Å². The van der Waals surface area contributed by atoms with Crippen LogP contribution in [0.2, 0.25) is 0 Å². The number of alkyl carbamates (subject to hydrolysis) is 1. The highest BCUT2D eigenvalue weighted by atomic mass is 79.9. The average Bonchev–Trinajstić information content (AvgIpc) is 3.10. The first-order valence-electron chi connectivity index (χ1n) is 10.1. The van der Waals surface area contributed by atoms with Gasteiger partial charge in [-0.05, 0) is 46.4 Å². The maximum Gasteiger partial charge on any atom is 0.407 e. The Labute approximate surface area is 185 Å². The van der Waals surface area contributed by atoms with Gasteiger partial charge in [0, 0.05) is 29.5 Å². The lowest BCUT2D eigenvalue weighted by atomic mass is 9.98. The van der Waals surface area contributed by atoms with E-state index in [2.05, 4.69) is 45.5 Å². The second-order valence-electron chi connectivity index (χ2n) is 7.59. The minimum Gasteiger partial charge on any atom is -0.449 e. The van der Waals surface area contributed by atoms with Gasteiger partial charge in [-0.15, -0.1) is 0 Å². The van der Waals surface area contributed by atoms with E-state index in [1.165, 1.54) is 22.3 Å². The number of aliphatic hydroxyl groups excluding tert-OH is 1. The molecule has 1 aliphatic rings. The van der Waals surface area contributed by atoms with Gasteiger partial charge in [-0.25, -0.2) is 4.79 Å². The molecular formula is C25H24BrNO3. The van der Waals surface area contributed by atoms with Crippen molar-refractivity contribution in [2.45, 2.75) is 12.3 Å². The standard InChI is InChI=1S/C25H24BrNO3/c26-19-11-9-17(10-12-19)13-18(15-28)14-27-25(29)30-16-24-22-7-3-1-5-20(22)21-6-2-4-8-23(21)24/h1-12,18,24,28H,13-16H2,(H,27,29). The van der Waals surface area contributed by atoms with Crippen molar-refractivity contribution < 1.29 is 14.6 Å². The summed E-state index contributed by atoms with van der Waals surface area (Å²) in [6, 6.07) is 24.5. The molecule has 1 amide bonds. The quantitative estimate of drug-likeness (QED) is 0.507. The van der Waals surface area contributed by atoms with Gasteiger partial charge in [0.15, 0.2) is 0 Å². The van der Waals surface area contributed by atoms with E-state index in [1.807, 2.05) is 48.5 Å². The normalized spacial score (nSPS) is 13.4. The molecule has 1 aliphatic carbocycles. The third-order valence-corrected chi connectivity index (χ3v) is 6.10. The molecule has 0 bridgehead atoms. The predicted molar refractivity (Wildman–Crippen MR) is 121 cm³/mol. The molecule has 0 saturated heterocycles. The first kappa shape index (κ1) is 20.6. The Kier molecular flexibility index (Phi) is 6.50.